The van der Waals surface area contributed by atoms with Gasteiger partial charge in [0.25, 0.3) is 0 Å². The molecule has 1 heterocycles. The van der Waals surface area contributed by atoms with E-state index in [1.165, 1.54) is 110 Å². The van der Waals surface area contributed by atoms with E-state index in [0.29, 0.717) is 0 Å². The van der Waals surface area contributed by atoms with Crippen molar-refractivity contribution in [3.8, 4) is 73.0 Å². The van der Waals surface area contributed by atoms with Crippen LogP contribution < -0.4 is 54.6 Å². The molecular formula is C53H46B10N2. The average Bonchev–Trinajstić information content (AvgIpc) is 3.76. The number of fused-ring (bicyclic) bond motifs is 2. The lowest BCUT2D eigenvalue weighted by Crippen LogP contribution is -2.55. The van der Waals surface area contributed by atoms with Crippen LogP contribution in [0.3, 0.4) is 0 Å². The Morgan fingerprint density at radius 1 is 0.292 bits per heavy atom. The van der Waals surface area contributed by atoms with Crippen molar-refractivity contribution in [2.45, 2.75) is 0 Å². The Bertz CT molecular complexity index is 3460. The van der Waals surface area contributed by atoms with Crippen molar-refractivity contribution in [1.29, 1.82) is 0 Å². The van der Waals surface area contributed by atoms with Crippen LogP contribution >= 0.6 is 0 Å². The van der Waals surface area contributed by atoms with Crippen LogP contribution in [0.5, 0.6) is 0 Å². The van der Waals surface area contributed by atoms with Crippen LogP contribution in [0.4, 0.5) is 0 Å². The quantitative estimate of drug-likeness (QED) is 0.122. The van der Waals surface area contributed by atoms with Gasteiger partial charge in [-0.15, -0.1) is 32.8 Å². The van der Waals surface area contributed by atoms with Crippen molar-refractivity contribution < 1.29 is 0 Å². The lowest BCUT2D eigenvalue weighted by Gasteiger charge is -2.27. The third kappa shape index (κ3) is 6.92. The van der Waals surface area contributed by atoms with Gasteiger partial charge in [-0.25, -0.2) is 4.98 Å². The first kappa shape index (κ1) is 42.3. The minimum absolute atomic E-state index is 0.905. The normalized spacial score (nSPS) is 11.4. The predicted octanol–water partition coefficient (Wildman–Crippen LogP) is -3.24. The van der Waals surface area contributed by atoms with Gasteiger partial charge in [-0.3, -0.25) is 4.57 Å². The van der Waals surface area contributed by atoms with E-state index >= 15 is 0 Å². The van der Waals surface area contributed by atoms with Gasteiger partial charge in [0, 0.05) is 22.4 Å². The first-order chi connectivity index (χ1) is 31.5. The second-order valence-corrected chi connectivity index (χ2v) is 18.2. The molecule has 0 aliphatic carbocycles. The zero-order valence-electron chi connectivity index (χ0n) is 39.4. The second kappa shape index (κ2) is 16.7. The van der Waals surface area contributed by atoms with Crippen LogP contribution in [0.15, 0.2) is 158 Å². The Balaban J connectivity index is 1.23. The van der Waals surface area contributed by atoms with E-state index in [-0.39, 0.29) is 0 Å². The molecule has 0 radical (unpaired) electrons. The third-order valence-electron chi connectivity index (χ3n) is 15.0. The molecule has 0 atom stereocenters. The van der Waals surface area contributed by atoms with Crippen LogP contribution in [0, 0.1) is 0 Å². The number of rotatable bonds is 7. The molecule has 0 amide bonds. The zero-order chi connectivity index (χ0) is 45.3. The zero-order valence-corrected chi connectivity index (χ0v) is 39.4. The van der Waals surface area contributed by atoms with Crippen molar-refractivity contribution in [2.24, 2.45) is 0 Å². The average molecular weight is 819 g/mol. The monoisotopic (exact) mass is 820 g/mol. The van der Waals surface area contributed by atoms with E-state index < -0.39 is 0 Å². The van der Waals surface area contributed by atoms with Gasteiger partial charge in [-0.05, 0) is 73.1 Å². The molecular weight excluding hydrogens is 773 g/mol. The summed E-state index contributed by atoms with van der Waals surface area (Å²) in [5, 5.41) is 5.16. The van der Waals surface area contributed by atoms with Crippen molar-refractivity contribution in [3.63, 3.8) is 0 Å². The molecule has 0 aliphatic rings. The smallest absolute Gasteiger partial charge is 0.145 e. The van der Waals surface area contributed by atoms with Crippen molar-refractivity contribution in [2.75, 3.05) is 0 Å². The Kier molecular flexibility index (Phi) is 10.9. The van der Waals surface area contributed by atoms with Gasteiger partial charge in [-0.1, -0.05) is 161 Å². The molecule has 10 rings (SSSR count). The largest absolute Gasteiger partial charge is 0.292 e. The van der Waals surface area contributed by atoms with Crippen molar-refractivity contribution >= 4 is 155 Å². The maximum Gasteiger partial charge on any atom is 0.145 e. The molecule has 1 aromatic heterocycles. The molecule has 12 heteroatoms. The minimum atomic E-state index is 0.905. The molecule has 0 N–H and O–H groups in total. The van der Waals surface area contributed by atoms with Gasteiger partial charge in [0.15, 0.2) is 0 Å². The van der Waals surface area contributed by atoms with Crippen molar-refractivity contribution in [1.82, 2.24) is 9.55 Å². The van der Waals surface area contributed by atoms with Gasteiger partial charge in [0.05, 0.1) is 11.4 Å². The maximum atomic E-state index is 5.49. The summed E-state index contributed by atoms with van der Waals surface area (Å²) in [4.78, 5) is 5.49. The predicted molar refractivity (Wildman–Crippen MR) is 313 cm³/mol. The lowest BCUT2D eigenvalue weighted by atomic mass is 9.58. The summed E-state index contributed by atoms with van der Waals surface area (Å²) in [5.41, 5.74) is 27.8. The van der Waals surface area contributed by atoms with Crippen molar-refractivity contribution in [3.05, 3.63) is 158 Å². The number of hydrogen-bond donors (Lipinski definition) is 0. The molecule has 2 nitrogen and oxygen atoms in total. The number of imidazole rings is 1. The van der Waals surface area contributed by atoms with E-state index in [1.54, 1.807) is 0 Å². The lowest BCUT2D eigenvalue weighted by molar-refractivity contribution is 1.07. The van der Waals surface area contributed by atoms with E-state index in [0.717, 1.165) is 39.6 Å². The highest BCUT2D eigenvalue weighted by Crippen LogP contribution is 2.44. The molecule has 0 unspecified atom stereocenters. The van der Waals surface area contributed by atoms with Crippen LogP contribution in [0.2, 0.25) is 0 Å². The van der Waals surface area contributed by atoms with Crippen LogP contribution in [-0.4, -0.2) is 88.0 Å². The highest BCUT2D eigenvalue weighted by atomic mass is 15.1. The van der Waals surface area contributed by atoms with E-state index in [2.05, 4.69) is 241 Å². The van der Waals surface area contributed by atoms with E-state index in [9.17, 15) is 0 Å². The molecule has 65 heavy (non-hydrogen) atoms. The van der Waals surface area contributed by atoms with E-state index in [1.807, 2.05) is 0 Å². The van der Waals surface area contributed by atoms with Gasteiger partial charge < -0.3 is 0 Å². The molecule has 0 fully saturated rings. The number of benzene rings is 9. The summed E-state index contributed by atoms with van der Waals surface area (Å²) in [6.45, 7) is 0. The highest BCUT2D eigenvalue weighted by Gasteiger charge is 2.25. The Morgan fingerprint density at radius 2 is 0.677 bits per heavy atom. The summed E-state index contributed by atoms with van der Waals surface area (Å²) in [7, 11) is 23.0. The van der Waals surface area contributed by atoms with Gasteiger partial charge in [0.2, 0.25) is 0 Å². The highest BCUT2D eigenvalue weighted by molar-refractivity contribution is 6.70. The molecule has 9 aromatic carbocycles. The van der Waals surface area contributed by atoms with Gasteiger partial charge in [0.1, 0.15) is 84.3 Å². The third-order valence-corrected chi connectivity index (χ3v) is 15.0. The van der Waals surface area contributed by atoms with Crippen LogP contribution in [-0.2, 0) is 0 Å². The molecule has 0 bridgehead atoms. The molecule has 0 saturated carbocycles. The Hall–Kier alpha value is -6.64. The molecule has 0 aliphatic heterocycles. The second-order valence-electron chi connectivity index (χ2n) is 18.2. The van der Waals surface area contributed by atoms with Gasteiger partial charge >= 0.3 is 0 Å². The minimum Gasteiger partial charge on any atom is -0.292 e. The first-order valence-corrected chi connectivity index (χ1v) is 23.0. The summed E-state index contributed by atoms with van der Waals surface area (Å²) in [6.07, 6.45) is 0. The summed E-state index contributed by atoms with van der Waals surface area (Å²) in [5.74, 6) is 0.905. The Labute approximate surface area is 392 Å². The molecule has 298 valence electrons. The van der Waals surface area contributed by atoms with E-state index in [4.69, 9.17) is 4.98 Å². The first-order valence-electron chi connectivity index (χ1n) is 23.0. The maximum absolute atomic E-state index is 5.49. The van der Waals surface area contributed by atoms with Crippen LogP contribution in [0.1, 0.15) is 0 Å². The summed E-state index contributed by atoms with van der Waals surface area (Å²) < 4.78 is 2.33. The molecule has 0 saturated heterocycles. The SMILES string of the molecule is Bc1c(B)c(B)c(-c2c3ccccc3c(-c3c(B)c(B)c(B)c(B)c3B)c3cc(-c4ccc(-c5nc(-c6ccccc6)c(-c6ccccc6)n5-c5ccccc5)cc4)ccc23)c(B)c1B. The fourth-order valence-corrected chi connectivity index (χ4v) is 10.6. The number of aromatic nitrogens is 2. The molecule has 0 spiro atoms. The topological polar surface area (TPSA) is 17.8 Å². The summed E-state index contributed by atoms with van der Waals surface area (Å²) in [6, 6.07) is 57.3. The fourth-order valence-electron chi connectivity index (χ4n) is 10.6. The number of nitrogens with zero attached hydrogens (tertiary/aromatic N) is 2. The standard InChI is InChI=1S/C53H46B10N2/c54-41-39(42(55)46(59)49(62)45(41)58)37-33-18-10-11-19-34(33)38(40-43(56)47(60)50(63)48(61)44(40)57)36-26-31(24-25-35(36)37)27-20-22-30(23-21-27)53-64-51(28-12-4-1-5-13-28)52(29-14-6-2-7-15-29)65(53)32-16-8-3-9-17-32/h1-26H,54-63H2. The molecule has 10 aromatic rings. The number of hydrogen-bond acceptors (Lipinski definition) is 1. The fraction of sp³-hybridized carbons (Fsp3) is 0. The van der Waals surface area contributed by atoms with Gasteiger partial charge in [-0.2, -0.15) is 0 Å². The Morgan fingerprint density at radius 3 is 1.18 bits per heavy atom. The summed E-state index contributed by atoms with van der Waals surface area (Å²) >= 11 is 0. The van der Waals surface area contributed by atoms with Crippen LogP contribution in [0.25, 0.3) is 94.5 Å². The number of para-hydroxylation sites is 1.